The van der Waals surface area contributed by atoms with E-state index in [1.165, 1.54) is 0 Å². The van der Waals surface area contributed by atoms with Crippen LogP contribution in [-0.4, -0.2) is 35.6 Å². The molecule has 0 aliphatic carbocycles. The Labute approximate surface area is 95.6 Å². The van der Waals surface area contributed by atoms with E-state index in [1.54, 1.807) is 0 Å². The molecule has 1 aliphatic heterocycles. The zero-order chi connectivity index (χ0) is 12.0. The van der Waals surface area contributed by atoms with Crippen LogP contribution in [0.25, 0.3) is 0 Å². The predicted molar refractivity (Wildman–Crippen MR) is 60.1 cm³/mol. The Morgan fingerprint density at radius 2 is 2.25 bits per heavy atom. The number of carbonyl (C=O) groups excluding carboxylic acids is 1. The molecule has 1 saturated heterocycles. The lowest BCUT2D eigenvalue weighted by Gasteiger charge is -2.24. The average molecular weight is 228 g/mol. The van der Waals surface area contributed by atoms with Crippen molar-refractivity contribution >= 4 is 11.9 Å². The maximum atomic E-state index is 11.8. The lowest BCUT2D eigenvalue weighted by molar-refractivity contribution is -0.142. The molecular formula is C11H20N2O3. The zero-order valence-corrected chi connectivity index (χ0v) is 9.66. The van der Waals surface area contributed by atoms with Gasteiger partial charge in [-0.1, -0.05) is 19.8 Å². The van der Waals surface area contributed by atoms with Crippen molar-refractivity contribution in [3.63, 3.8) is 0 Å². The van der Waals surface area contributed by atoms with Crippen molar-refractivity contribution in [2.24, 2.45) is 0 Å². The van der Waals surface area contributed by atoms with Crippen molar-refractivity contribution in [2.45, 2.75) is 51.1 Å². The first-order valence-electron chi connectivity index (χ1n) is 5.91. The van der Waals surface area contributed by atoms with Crippen molar-refractivity contribution < 1.29 is 14.7 Å². The molecule has 3 N–H and O–H groups in total. The SMILES string of the molecule is CCCC(NC(=O)C1CCCCN1)C(=O)O. The molecule has 16 heavy (non-hydrogen) atoms. The van der Waals surface area contributed by atoms with Crippen LogP contribution in [0.5, 0.6) is 0 Å². The van der Waals surface area contributed by atoms with Crippen LogP contribution in [0.3, 0.4) is 0 Å². The summed E-state index contributed by atoms with van der Waals surface area (Å²) < 4.78 is 0. The molecular weight excluding hydrogens is 208 g/mol. The number of carbonyl (C=O) groups is 2. The van der Waals surface area contributed by atoms with E-state index in [-0.39, 0.29) is 11.9 Å². The summed E-state index contributed by atoms with van der Waals surface area (Å²) in [6.07, 6.45) is 4.13. The lowest BCUT2D eigenvalue weighted by atomic mass is 10.0. The van der Waals surface area contributed by atoms with Crippen molar-refractivity contribution in [3.05, 3.63) is 0 Å². The van der Waals surface area contributed by atoms with Crippen molar-refractivity contribution in [3.8, 4) is 0 Å². The van der Waals surface area contributed by atoms with Gasteiger partial charge in [0.15, 0.2) is 0 Å². The maximum Gasteiger partial charge on any atom is 0.326 e. The molecule has 2 unspecified atom stereocenters. The second-order valence-electron chi connectivity index (χ2n) is 4.19. The number of carboxylic acid groups (broad SMARTS) is 1. The van der Waals surface area contributed by atoms with Gasteiger partial charge in [-0.2, -0.15) is 0 Å². The fourth-order valence-electron chi connectivity index (χ4n) is 1.89. The fourth-order valence-corrected chi connectivity index (χ4v) is 1.89. The van der Waals surface area contributed by atoms with Crippen molar-refractivity contribution in [1.82, 2.24) is 10.6 Å². The first-order chi connectivity index (χ1) is 7.65. The van der Waals surface area contributed by atoms with Gasteiger partial charge in [0.1, 0.15) is 6.04 Å². The Morgan fingerprint density at radius 1 is 1.50 bits per heavy atom. The summed E-state index contributed by atoms with van der Waals surface area (Å²) in [7, 11) is 0. The Hall–Kier alpha value is -1.10. The molecule has 0 aromatic carbocycles. The summed E-state index contributed by atoms with van der Waals surface area (Å²) >= 11 is 0. The minimum Gasteiger partial charge on any atom is -0.480 e. The zero-order valence-electron chi connectivity index (χ0n) is 9.66. The number of amides is 1. The highest BCUT2D eigenvalue weighted by Gasteiger charge is 2.25. The minimum absolute atomic E-state index is 0.180. The van der Waals surface area contributed by atoms with Crippen LogP contribution in [0.4, 0.5) is 0 Å². The van der Waals surface area contributed by atoms with E-state index in [0.29, 0.717) is 6.42 Å². The highest BCUT2D eigenvalue weighted by molar-refractivity contribution is 5.86. The third-order valence-corrected chi connectivity index (χ3v) is 2.82. The van der Waals surface area contributed by atoms with Crippen LogP contribution < -0.4 is 10.6 Å². The molecule has 1 aliphatic rings. The standard InChI is InChI=1S/C11H20N2O3/c1-2-5-9(11(15)16)13-10(14)8-6-3-4-7-12-8/h8-9,12H,2-7H2,1H3,(H,13,14)(H,15,16). The third kappa shape index (κ3) is 3.81. The van der Waals surface area contributed by atoms with Gasteiger partial charge in [-0.05, 0) is 25.8 Å². The molecule has 0 saturated carbocycles. The van der Waals surface area contributed by atoms with Gasteiger partial charge < -0.3 is 15.7 Å². The molecule has 5 nitrogen and oxygen atoms in total. The number of hydrogen-bond donors (Lipinski definition) is 3. The number of nitrogens with one attached hydrogen (secondary N) is 2. The summed E-state index contributed by atoms with van der Waals surface area (Å²) in [5, 5.41) is 14.6. The first kappa shape index (κ1) is 13.0. The summed E-state index contributed by atoms with van der Waals surface area (Å²) in [4.78, 5) is 22.6. The molecule has 0 aromatic heterocycles. The predicted octanol–water partition coefficient (Wildman–Crippen LogP) is 0.498. The maximum absolute atomic E-state index is 11.8. The van der Waals surface area contributed by atoms with Crippen LogP contribution in [0.15, 0.2) is 0 Å². The normalized spacial score (nSPS) is 22.4. The van der Waals surface area contributed by atoms with Gasteiger partial charge in [-0.3, -0.25) is 4.79 Å². The molecule has 0 aromatic rings. The fraction of sp³-hybridized carbons (Fsp3) is 0.818. The largest absolute Gasteiger partial charge is 0.480 e. The quantitative estimate of drug-likeness (QED) is 0.640. The monoisotopic (exact) mass is 228 g/mol. The molecule has 92 valence electrons. The van der Waals surface area contributed by atoms with Crippen LogP contribution in [0.2, 0.25) is 0 Å². The molecule has 0 radical (unpaired) electrons. The molecule has 1 fully saturated rings. The second kappa shape index (κ2) is 6.48. The molecule has 1 amide bonds. The number of carboxylic acids is 1. The Morgan fingerprint density at radius 3 is 2.75 bits per heavy atom. The smallest absolute Gasteiger partial charge is 0.326 e. The highest BCUT2D eigenvalue weighted by atomic mass is 16.4. The summed E-state index contributed by atoms with van der Waals surface area (Å²) in [5.74, 6) is -1.13. The van der Waals surface area contributed by atoms with Gasteiger partial charge in [0.25, 0.3) is 0 Å². The second-order valence-corrected chi connectivity index (χ2v) is 4.19. The minimum atomic E-state index is -0.953. The van der Waals surface area contributed by atoms with Crippen LogP contribution in [-0.2, 0) is 9.59 Å². The van der Waals surface area contributed by atoms with E-state index in [1.807, 2.05) is 6.92 Å². The summed E-state index contributed by atoms with van der Waals surface area (Å²) in [5.41, 5.74) is 0. The molecule has 0 spiro atoms. The van der Waals surface area contributed by atoms with Crippen molar-refractivity contribution in [2.75, 3.05) is 6.54 Å². The van der Waals surface area contributed by atoms with Gasteiger partial charge in [-0.15, -0.1) is 0 Å². The highest BCUT2D eigenvalue weighted by Crippen LogP contribution is 2.07. The Bertz CT molecular complexity index is 250. The molecule has 1 rings (SSSR count). The van der Waals surface area contributed by atoms with Gasteiger partial charge in [0.05, 0.1) is 6.04 Å². The number of rotatable bonds is 5. The first-order valence-corrected chi connectivity index (χ1v) is 5.91. The van der Waals surface area contributed by atoms with Gasteiger partial charge in [0, 0.05) is 0 Å². The number of aliphatic carboxylic acids is 1. The number of piperidine rings is 1. The topological polar surface area (TPSA) is 78.4 Å². The van der Waals surface area contributed by atoms with E-state index in [4.69, 9.17) is 5.11 Å². The van der Waals surface area contributed by atoms with Gasteiger partial charge >= 0.3 is 5.97 Å². The number of hydrogen-bond acceptors (Lipinski definition) is 3. The molecule has 0 bridgehead atoms. The Kier molecular flexibility index (Phi) is 5.25. The van der Waals surface area contributed by atoms with E-state index >= 15 is 0 Å². The van der Waals surface area contributed by atoms with Crippen LogP contribution in [0.1, 0.15) is 39.0 Å². The van der Waals surface area contributed by atoms with Crippen molar-refractivity contribution in [1.29, 1.82) is 0 Å². The van der Waals surface area contributed by atoms with E-state index < -0.39 is 12.0 Å². The van der Waals surface area contributed by atoms with E-state index in [9.17, 15) is 9.59 Å². The Balaban J connectivity index is 2.43. The molecule has 5 heteroatoms. The van der Waals surface area contributed by atoms with Crippen LogP contribution >= 0.6 is 0 Å². The summed E-state index contributed by atoms with van der Waals surface area (Å²) in [6, 6.07) is -0.964. The lowest BCUT2D eigenvalue weighted by Crippen LogP contribution is -2.51. The molecule has 2 atom stereocenters. The van der Waals surface area contributed by atoms with Gasteiger partial charge in [-0.25, -0.2) is 4.79 Å². The van der Waals surface area contributed by atoms with E-state index in [2.05, 4.69) is 10.6 Å². The van der Waals surface area contributed by atoms with Crippen LogP contribution in [0, 0.1) is 0 Å². The summed E-state index contributed by atoms with van der Waals surface area (Å²) in [6.45, 7) is 2.74. The van der Waals surface area contributed by atoms with Gasteiger partial charge in [0.2, 0.25) is 5.91 Å². The van der Waals surface area contributed by atoms with E-state index in [0.717, 1.165) is 32.2 Å². The molecule has 1 heterocycles. The average Bonchev–Trinajstić information content (AvgIpc) is 2.29. The third-order valence-electron chi connectivity index (χ3n) is 2.82.